The number of nitrogens with one attached hydrogen (secondary N) is 1. The first-order chi connectivity index (χ1) is 10.9. The molecule has 0 fully saturated rings. The molecule has 1 amide bonds. The zero-order valence-corrected chi connectivity index (χ0v) is 12.1. The molecule has 0 radical (unpaired) electrons. The fraction of sp³-hybridized carbons (Fsp3) is 0.267. The maximum absolute atomic E-state index is 12.1. The molecular formula is C15H14F3NO4. The monoisotopic (exact) mass is 329 g/mol. The molecule has 0 saturated carbocycles. The first-order valence-corrected chi connectivity index (χ1v) is 6.59. The molecule has 124 valence electrons. The van der Waals surface area contributed by atoms with Crippen molar-refractivity contribution in [2.75, 3.05) is 13.7 Å². The lowest BCUT2D eigenvalue weighted by molar-refractivity contribution is -0.274. The lowest BCUT2D eigenvalue weighted by Crippen LogP contribution is -2.29. The summed E-state index contributed by atoms with van der Waals surface area (Å²) in [6.45, 7) is 0.156. The minimum Gasteiger partial charge on any atom is -0.467 e. The summed E-state index contributed by atoms with van der Waals surface area (Å²) in [5, 5.41) is 2.62. The molecule has 1 unspecified atom stereocenters. The van der Waals surface area contributed by atoms with Crippen LogP contribution < -0.4 is 10.1 Å². The Bertz CT molecular complexity index is 623. The van der Waals surface area contributed by atoms with Crippen molar-refractivity contribution in [1.29, 1.82) is 0 Å². The molecule has 1 atom stereocenters. The summed E-state index contributed by atoms with van der Waals surface area (Å²) in [5.74, 6) is -0.279. The Kier molecular flexibility index (Phi) is 5.28. The van der Waals surface area contributed by atoms with Gasteiger partial charge in [0.25, 0.3) is 5.91 Å². The molecule has 2 aromatic rings. The molecule has 0 bridgehead atoms. The molecule has 0 aliphatic heterocycles. The van der Waals surface area contributed by atoms with Crippen LogP contribution in [0.1, 0.15) is 22.2 Å². The van der Waals surface area contributed by atoms with Crippen LogP contribution in [-0.4, -0.2) is 25.9 Å². The van der Waals surface area contributed by atoms with E-state index in [0.29, 0.717) is 5.76 Å². The largest absolute Gasteiger partial charge is 0.573 e. The molecule has 0 aliphatic carbocycles. The maximum atomic E-state index is 12.1. The molecule has 23 heavy (non-hydrogen) atoms. The Balaban J connectivity index is 1.93. The number of carbonyl (C=O) groups excluding carboxylic acids is 1. The van der Waals surface area contributed by atoms with Gasteiger partial charge in [0.2, 0.25) is 0 Å². The van der Waals surface area contributed by atoms with Crippen molar-refractivity contribution < 1.29 is 31.9 Å². The lowest BCUT2D eigenvalue weighted by atomic mass is 10.2. The number of amides is 1. The van der Waals surface area contributed by atoms with Crippen LogP contribution in [-0.2, 0) is 4.74 Å². The van der Waals surface area contributed by atoms with Gasteiger partial charge in [-0.2, -0.15) is 0 Å². The van der Waals surface area contributed by atoms with Gasteiger partial charge in [0.1, 0.15) is 17.6 Å². The number of alkyl halides is 3. The van der Waals surface area contributed by atoms with E-state index in [1.54, 1.807) is 12.1 Å². The molecule has 8 heteroatoms. The van der Waals surface area contributed by atoms with Crippen LogP contribution in [0.25, 0.3) is 0 Å². The first-order valence-electron chi connectivity index (χ1n) is 6.59. The smallest absolute Gasteiger partial charge is 0.467 e. The van der Waals surface area contributed by atoms with Crippen LogP contribution in [0.3, 0.4) is 0 Å². The van der Waals surface area contributed by atoms with E-state index in [1.165, 1.54) is 25.5 Å². The normalized spacial score (nSPS) is 12.7. The molecule has 2 rings (SSSR count). The van der Waals surface area contributed by atoms with Gasteiger partial charge in [-0.15, -0.1) is 13.2 Å². The summed E-state index contributed by atoms with van der Waals surface area (Å²) in [4.78, 5) is 12.0. The third-order valence-corrected chi connectivity index (χ3v) is 2.94. The highest BCUT2D eigenvalue weighted by atomic mass is 19.4. The molecule has 0 aliphatic rings. The van der Waals surface area contributed by atoms with Crippen LogP contribution in [0.15, 0.2) is 47.1 Å². The van der Waals surface area contributed by atoms with Gasteiger partial charge in [0.05, 0.1) is 12.8 Å². The van der Waals surface area contributed by atoms with Crippen molar-refractivity contribution >= 4 is 5.91 Å². The van der Waals surface area contributed by atoms with E-state index in [9.17, 15) is 18.0 Å². The van der Waals surface area contributed by atoms with Crippen LogP contribution >= 0.6 is 0 Å². The number of carbonyl (C=O) groups is 1. The van der Waals surface area contributed by atoms with E-state index in [2.05, 4.69) is 10.1 Å². The van der Waals surface area contributed by atoms with Gasteiger partial charge in [-0.1, -0.05) is 0 Å². The second-order valence-corrected chi connectivity index (χ2v) is 4.52. The number of methoxy groups -OCH3 is 1. The van der Waals surface area contributed by atoms with Gasteiger partial charge in [-0.05, 0) is 36.4 Å². The minimum atomic E-state index is -4.77. The van der Waals surface area contributed by atoms with Gasteiger partial charge < -0.3 is 19.2 Å². The van der Waals surface area contributed by atoms with Crippen molar-refractivity contribution in [3.05, 3.63) is 54.0 Å². The van der Waals surface area contributed by atoms with Crippen LogP contribution in [0.4, 0.5) is 13.2 Å². The summed E-state index contributed by atoms with van der Waals surface area (Å²) in [6.07, 6.45) is -3.73. The highest BCUT2D eigenvalue weighted by Crippen LogP contribution is 2.23. The van der Waals surface area contributed by atoms with E-state index >= 15 is 0 Å². The fourth-order valence-corrected chi connectivity index (χ4v) is 1.87. The molecule has 5 nitrogen and oxygen atoms in total. The topological polar surface area (TPSA) is 60.7 Å². The van der Waals surface area contributed by atoms with Crippen molar-refractivity contribution in [2.24, 2.45) is 0 Å². The highest BCUT2D eigenvalue weighted by Gasteiger charge is 2.31. The Morgan fingerprint density at radius 1 is 1.26 bits per heavy atom. The second kappa shape index (κ2) is 7.19. The first kappa shape index (κ1) is 16.9. The number of halogens is 3. The van der Waals surface area contributed by atoms with E-state index in [-0.39, 0.29) is 17.9 Å². The highest BCUT2D eigenvalue weighted by molar-refractivity contribution is 5.94. The van der Waals surface area contributed by atoms with E-state index in [0.717, 1.165) is 12.1 Å². The van der Waals surface area contributed by atoms with Gasteiger partial charge >= 0.3 is 6.36 Å². The molecule has 0 saturated heterocycles. The summed E-state index contributed by atoms with van der Waals surface area (Å²) in [5.41, 5.74) is 0.203. The third-order valence-electron chi connectivity index (χ3n) is 2.94. The van der Waals surface area contributed by atoms with E-state index in [4.69, 9.17) is 9.15 Å². The zero-order chi connectivity index (χ0) is 16.9. The van der Waals surface area contributed by atoms with Crippen molar-refractivity contribution in [3.63, 3.8) is 0 Å². The van der Waals surface area contributed by atoms with Gasteiger partial charge in [0, 0.05) is 12.7 Å². The molecule has 1 aromatic carbocycles. The van der Waals surface area contributed by atoms with Crippen LogP contribution in [0, 0.1) is 0 Å². The number of benzene rings is 1. The number of furan rings is 1. The van der Waals surface area contributed by atoms with Gasteiger partial charge in [-0.3, -0.25) is 4.79 Å². The Morgan fingerprint density at radius 2 is 1.96 bits per heavy atom. The molecule has 1 heterocycles. The zero-order valence-electron chi connectivity index (χ0n) is 12.1. The Labute approximate surface area is 130 Å². The number of hydrogen-bond acceptors (Lipinski definition) is 4. The van der Waals surface area contributed by atoms with E-state index < -0.39 is 18.4 Å². The van der Waals surface area contributed by atoms with Crippen molar-refractivity contribution in [2.45, 2.75) is 12.5 Å². The van der Waals surface area contributed by atoms with Gasteiger partial charge in [0.15, 0.2) is 0 Å². The molecule has 0 spiro atoms. The average molecular weight is 329 g/mol. The number of rotatable bonds is 6. The summed E-state index contributed by atoms with van der Waals surface area (Å²) in [7, 11) is 1.47. The number of ether oxygens (including phenoxy) is 2. The van der Waals surface area contributed by atoms with Gasteiger partial charge in [-0.25, -0.2) is 0 Å². The Hall–Kier alpha value is -2.48. The number of hydrogen-bond donors (Lipinski definition) is 1. The molecule has 1 aromatic heterocycles. The predicted molar refractivity (Wildman–Crippen MR) is 73.9 cm³/mol. The van der Waals surface area contributed by atoms with E-state index in [1.807, 2.05) is 0 Å². The maximum Gasteiger partial charge on any atom is 0.573 e. The minimum absolute atomic E-state index is 0.156. The fourth-order valence-electron chi connectivity index (χ4n) is 1.87. The standard InChI is InChI=1S/C15H14F3NO4/c1-21-13(12-3-2-8-22-12)9-19-14(20)10-4-6-11(7-5-10)23-15(16,17)18/h2-8,13H,9H2,1H3,(H,19,20). The molecular weight excluding hydrogens is 315 g/mol. The summed E-state index contributed by atoms with van der Waals surface area (Å²) < 4.78 is 50.3. The Morgan fingerprint density at radius 3 is 2.48 bits per heavy atom. The summed E-state index contributed by atoms with van der Waals surface area (Å²) >= 11 is 0. The quantitative estimate of drug-likeness (QED) is 0.883. The summed E-state index contributed by atoms with van der Waals surface area (Å²) in [6, 6.07) is 8.04. The van der Waals surface area contributed by atoms with Crippen LogP contribution in [0.2, 0.25) is 0 Å². The third kappa shape index (κ3) is 5.03. The average Bonchev–Trinajstić information content (AvgIpc) is 3.01. The van der Waals surface area contributed by atoms with Crippen LogP contribution in [0.5, 0.6) is 5.75 Å². The predicted octanol–water partition coefficient (Wildman–Crippen LogP) is 3.30. The SMILES string of the molecule is COC(CNC(=O)c1ccc(OC(F)(F)F)cc1)c1ccco1. The van der Waals surface area contributed by atoms with Crippen molar-refractivity contribution in [1.82, 2.24) is 5.32 Å². The van der Waals surface area contributed by atoms with Crippen molar-refractivity contribution in [3.8, 4) is 5.75 Å². The lowest BCUT2D eigenvalue weighted by Gasteiger charge is -2.14. The second-order valence-electron chi connectivity index (χ2n) is 4.52. The molecule has 1 N–H and O–H groups in total.